The fourth-order valence-corrected chi connectivity index (χ4v) is 1.06. The van der Waals surface area contributed by atoms with Crippen molar-refractivity contribution in [3.05, 3.63) is 18.0 Å². The Labute approximate surface area is 81.3 Å². The number of nitrogens with zero attached hydrogens (tertiary/aromatic N) is 2. The molecule has 0 saturated carbocycles. The summed E-state index contributed by atoms with van der Waals surface area (Å²) in [6, 6.07) is 1.40. The molecule has 0 saturated heterocycles. The van der Waals surface area contributed by atoms with Crippen LogP contribution in [0.5, 0.6) is 0 Å². The van der Waals surface area contributed by atoms with E-state index in [1.54, 1.807) is 0 Å². The molecule has 0 aliphatic carbocycles. The monoisotopic (exact) mass is 200 g/mol. The molecule has 1 rings (SSSR count). The summed E-state index contributed by atoms with van der Waals surface area (Å²) >= 11 is 0. The quantitative estimate of drug-likeness (QED) is 0.805. The maximum absolute atomic E-state index is 13.1. The number of carboxylic acid groups (broad SMARTS) is 1. The van der Waals surface area contributed by atoms with Gasteiger partial charge < -0.3 is 5.11 Å². The van der Waals surface area contributed by atoms with Crippen LogP contribution in [0.1, 0.15) is 30.8 Å². The van der Waals surface area contributed by atoms with E-state index in [-0.39, 0.29) is 18.7 Å². The lowest BCUT2D eigenvalue weighted by molar-refractivity contribution is 0.0680. The Morgan fingerprint density at radius 3 is 2.86 bits per heavy atom. The van der Waals surface area contributed by atoms with E-state index < -0.39 is 11.6 Å². The molecular formula is C9H13FN2O2. The molecule has 78 valence electrons. The zero-order valence-electron chi connectivity index (χ0n) is 8.20. The summed E-state index contributed by atoms with van der Waals surface area (Å²) in [5.41, 5.74) is -1.21. The lowest BCUT2D eigenvalue weighted by Crippen LogP contribution is -2.18. The molecule has 1 aromatic heterocycles. The first kappa shape index (κ1) is 10.7. The summed E-state index contributed by atoms with van der Waals surface area (Å²) in [6.45, 7) is 3.19. The lowest BCUT2D eigenvalue weighted by atomic mass is 10.1. The number of rotatable bonds is 4. The summed E-state index contributed by atoms with van der Waals surface area (Å²) in [7, 11) is 0. The van der Waals surface area contributed by atoms with Crippen LogP contribution in [0.15, 0.2) is 12.3 Å². The highest BCUT2D eigenvalue weighted by molar-refractivity contribution is 5.85. The molecule has 0 radical (unpaired) electrons. The number of aromatic carboxylic acids is 1. The average Bonchev–Trinajstić information content (AvgIpc) is 2.46. The zero-order chi connectivity index (χ0) is 10.8. The number of carboxylic acids is 1. The second-order valence-corrected chi connectivity index (χ2v) is 3.71. The van der Waals surface area contributed by atoms with Crippen molar-refractivity contribution in [1.82, 2.24) is 9.78 Å². The van der Waals surface area contributed by atoms with Gasteiger partial charge in [-0.1, -0.05) is 0 Å². The van der Waals surface area contributed by atoms with Crippen LogP contribution in [0.3, 0.4) is 0 Å². The van der Waals surface area contributed by atoms with Gasteiger partial charge in [-0.2, -0.15) is 5.10 Å². The number of alkyl halides is 1. The van der Waals surface area contributed by atoms with Gasteiger partial charge in [-0.25, -0.2) is 9.18 Å². The van der Waals surface area contributed by atoms with E-state index in [9.17, 15) is 9.18 Å². The first-order valence-corrected chi connectivity index (χ1v) is 4.34. The van der Waals surface area contributed by atoms with Crippen molar-refractivity contribution in [2.75, 3.05) is 0 Å². The first-order chi connectivity index (χ1) is 6.40. The smallest absolute Gasteiger partial charge is 0.354 e. The minimum Gasteiger partial charge on any atom is -0.477 e. The highest BCUT2D eigenvalue weighted by atomic mass is 19.1. The third-order valence-corrected chi connectivity index (χ3v) is 1.85. The SMILES string of the molecule is CC(C)(F)CCn1nccc1C(=O)O. The van der Waals surface area contributed by atoms with Crippen molar-refractivity contribution in [2.24, 2.45) is 0 Å². The fourth-order valence-electron chi connectivity index (χ4n) is 1.06. The Hall–Kier alpha value is -1.39. The van der Waals surface area contributed by atoms with Crippen LogP contribution in [0, 0.1) is 0 Å². The van der Waals surface area contributed by atoms with Crippen molar-refractivity contribution in [1.29, 1.82) is 0 Å². The molecule has 0 spiro atoms. The van der Waals surface area contributed by atoms with Crippen molar-refractivity contribution in [2.45, 2.75) is 32.5 Å². The molecule has 4 nitrogen and oxygen atoms in total. The number of hydrogen-bond acceptors (Lipinski definition) is 2. The molecule has 0 aliphatic rings. The first-order valence-electron chi connectivity index (χ1n) is 4.34. The Morgan fingerprint density at radius 2 is 2.36 bits per heavy atom. The van der Waals surface area contributed by atoms with E-state index >= 15 is 0 Å². The van der Waals surface area contributed by atoms with Gasteiger partial charge in [0, 0.05) is 19.2 Å². The van der Waals surface area contributed by atoms with E-state index in [4.69, 9.17) is 5.11 Å². The van der Waals surface area contributed by atoms with Gasteiger partial charge in [0.1, 0.15) is 11.4 Å². The molecule has 0 aliphatic heterocycles. The fraction of sp³-hybridized carbons (Fsp3) is 0.556. The normalized spacial score (nSPS) is 11.6. The predicted octanol–water partition coefficient (Wildman–Crippen LogP) is 1.72. The van der Waals surface area contributed by atoms with Gasteiger partial charge in [0.25, 0.3) is 0 Å². The van der Waals surface area contributed by atoms with Crippen LogP contribution >= 0.6 is 0 Å². The van der Waals surface area contributed by atoms with Crippen LogP contribution < -0.4 is 0 Å². The van der Waals surface area contributed by atoms with Gasteiger partial charge >= 0.3 is 5.97 Å². The van der Waals surface area contributed by atoms with Crippen LogP contribution in [0.4, 0.5) is 4.39 Å². The van der Waals surface area contributed by atoms with Gasteiger partial charge in [0.2, 0.25) is 0 Å². The van der Waals surface area contributed by atoms with Gasteiger partial charge in [-0.05, 0) is 19.9 Å². The van der Waals surface area contributed by atoms with Crippen LogP contribution in [-0.4, -0.2) is 26.5 Å². The summed E-state index contributed by atoms with van der Waals surface area (Å²) in [4.78, 5) is 10.7. The van der Waals surface area contributed by atoms with Crippen molar-refractivity contribution in [3.63, 3.8) is 0 Å². The maximum Gasteiger partial charge on any atom is 0.354 e. The molecule has 5 heteroatoms. The number of halogens is 1. The molecule has 0 atom stereocenters. The number of aromatic nitrogens is 2. The van der Waals surface area contributed by atoms with Crippen LogP contribution in [0.2, 0.25) is 0 Å². The minimum absolute atomic E-state index is 0.0919. The van der Waals surface area contributed by atoms with Crippen molar-refractivity contribution < 1.29 is 14.3 Å². The molecule has 1 heterocycles. The summed E-state index contributed by atoms with van der Waals surface area (Å²) in [6.07, 6.45) is 1.64. The highest BCUT2D eigenvalue weighted by Crippen LogP contribution is 2.15. The van der Waals surface area contributed by atoms with Crippen molar-refractivity contribution >= 4 is 5.97 Å². The zero-order valence-corrected chi connectivity index (χ0v) is 8.20. The summed E-state index contributed by atoms with van der Waals surface area (Å²) < 4.78 is 14.4. The van der Waals surface area contributed by atoms with Crippen LogP contribution in [-0.2, 0) is 6.54 Å². The minimum atomic E-state index is -1.30. The van der Waals surface area contributed by atoms with E-state index in [0.29, 0.717) is 0 Å². The van der Waals surface area contributed by atoms with Gasteiger partial charge in [0.15, 0.2) is 0 Å². The molecular weight excluding hydrogens is 187 g/mol. The second-order valence-electron chi connectivity index (χ2n) is 3.71. The van der Waals surface area contributed by atoms with Gasteiger partial charge in [-0.15, -0.1) is 0 Å². The van der Waals surface area contributed by atoms with E-state index in [1.165, 1.54) is 30.8 Å². The Morgan fingerprint density at radius 1 is 1.71 bits per heavy atom. The maximum atomic E-state index is 13.1. The summed E-state index contributed by atoms with van der Waals surface area (Å²) in [5, 5.41) is 12.5. The van der Waals surface area contributed by atoms with Crippen molar-refractivity contribution in [3.8, 4) is 0 Å². The molecule has 0 amide bonds. The highest BCUT2D eigenvalue weighted by Gasteiger charge is 2.17. The Kier molecular flexibility index (Phi) is 2.88. The molecule has 1 N–H and O–H groups in total. The van der Waals surface area contributed by atoms with E-state index in [0.717, 1.165) is 0 Å². The number of carbonyl (C=O) groups is 1. The second kappa shape index (κ2) is 3.77. The number of aryl methyl sites for hydroxylation is 1. The van der Waals surface area contributed by atoms with Gasteiger partial charge in [-0.3, -0.25) is 4.68 Å². The summed E-state index contributed by atoms with van der Waals surface area (Å²) in [5.74, 6) is -1.04. The molecule has 14 heavy (non-hydrogen) atoms. The average molecular weight is 200 g/mol. The molecule has 1 aromatic rings. The molecule has 0 bridgehead atoms. The molecule has 0 unspecified atom stereocenters. The lowest BCUT2D eigenvalue weighted by Gasteiger charge is -2.13. The third-order valence-electron chi connectivity index (χ3n) is 1.85. The molecule has 0 fully saturated rings. The molecule has 0 aromatic carbocycles. The van der Waals surface area contributed by atoms with E-state index in [2.05, 4.69) is 5.10 Å². The Bertz CT molecular complexity index is 328. The largest absolute Gasteiger partial charge is 0.477 e. The Balaban J connectivity index is 2.68. The van der Waals surface area contributed by atoms with Gasteiger partial charge in [0.05, 0.1) is 0 Å². The van der Waals surface area contributed by atoms with E-state index in [1.807, 2.05) is 0 Å². The number of hydrogen-bond donors (Lipinski definition) is 1. The topological polar surface area (TPSA) is 55.1 Å². The predicted molar refractivity (Wildman–Crippen MR) is 49.0 cm³/mol. The third kappa shape index (κ3) is 2.83. The van der Waals surface area contributed by atoms with Crippen LogP contribution in [0.25, 0.3) is 0 Å². The standard InChI is InChI=1S/C9H13FN2O2/c1-9(2,10)4-6-12-7(8(13)14)3-5-11-12/h3,5H,4,6H2,1-2H3,(H,13,14).